The molecule has 1 aromatic heterocycles. The second kappa shape index (κ2) is 5.77. The Morgan fingerprint density at radius 3 is 2.81 bits per heavy atom. The average molecular weight is 233 g/mol. The lowest BCUT2D eigenvalue weighted by molar-refractivity contribution is 0.121. The molecular weight excluding hydrogens is 218 g/mol. The molecule has 3 heteroatoms. The van der Waals surface area contributed by atoms with Gasteiger partial charge in [0.15, 0.2) is 0 Å². The Kier molecular flexibility index (Phi) is 4.08. The van der Waals surface area contributed by atoms with Crippen LogP contribution in [0.3, 0.4) is 0 Å². The molecule has 2 rings (SSSR count). The van der Waals surface area contributed by atoms with Crippen molar-refractivity contribution in [2.75, 3.05) is 6.61 Å². The predicted octanol–water partition coefficient (Wildman–Crippen LogP) is 3.74. The summed E-state index contributed by atoms with van der Waals surface area (Å²) in [5, 5.41) is 3.13. The lowest BCUT2D eigenvalue weighted by Crippen LogP contribution is -1.93. The Bertz CT molecular complexity index is 425. The largest absolute Gasteiger partial charge is 0.374 e. The average Bonchev–Trinajstić information content (AvgIpc) is 2.79. The highest BCUT2D eigenvalue weighted by Crippen LogP contribution is 2.21. The number of aromatic nitrogens is 1. The normalized spacial score (nSPS) is 10.6. The van der Waals surface area contributed by atoms with Gasteiger partial charge in [0.05, 0.1) is 12.3 Å². The van der Waals surface area contributed by atoms with E-state index < -0.39 is 0 Å². The van der Waals surface area contributed by atoms with Crippen LogP contribution in [0.1, 0.15) is 18.4 Å². The first kappa shape index (κ1) is 11.3. The highest BCUT2D eigenvalue weighted by atomic mass is 32.1. The van der Waals surface area contributed by atoms with E-state index in [2.05, 4.69) is 29.4 Å². The fourth-order valence-electron chi connectivity index (χ4n) is 1.42. The number of hydrogen-bond donors (Lipinski definition) is 0. The molecule has 84 valence electrons. The quantitative estimate of drug-likeness (QED) is 0.734. The topological polar surface area (TPSA) is 22.1 Å². The summed E-state index contributed by atoms with van der Waals surface area (Å²) in [6.07, 6.45) is 1.05. The smallest absolute Gasteiger partial charge is 0.119 e. The van der Waals surface area contributed by atoms with Gasteiger partial charge in [-0.3, -0.25) is 0 Å². The molecule has 0 aliphatic carbocycles. The summed E-state index contributed by atoms with van der Waals surface area (Å²) >= 11 is 1.66. The summed E-state index contributed by atoms with van der Waals surface area (Å²) in [5.41, 5.74) is 2.21. The van der Waals surface area contributed by atoms with Crippen molar-refractivity contribution < 1.29 is 4.74 Å². The molecule has 2 nitrogen and oxygen atoms in total. The summed E-state index contributed by atoms with van der Waals surface area (Å²) < 4.78 is 5.47. The number of nitrogens with zero attached hydrogens (tertiary/aromatic N) is 1. The first-order valence-electron chi connectivity index (χ1n) is 5.47. The number of benzene rings is 1. The van der Waals surface area contributed by atoms with Crippen molar-refractivity contribution in [3.8, 4) is 11.3 Å². The fourth-order valence-corrected chi connectivity index (χ4v) is 2.16. The molecule has 0 amide bonds. The van der Waals surface area contributed by atoms with Crippen molar-refractivity contribution >= 4 is 11.3 Å². The maximum absolute atomic E-state index is 5.47. The van der Waals surface area contributed by atoms with Crippen molar-refractivity contribution in [2.45, 2.75) is 20.0 Å². The zero-order valence-electron chi connectivity index (χ0n) is 9.35. The number of ether oxygens (including phenoxy) is 1. The molecule has 0 bridgehead atoms. The minimum Gasteiger partial charge on any atom is -0.374 e. The number of hydrogen-bond acceptors (Lipinski definition) is 3. The minimum atomic E-state index is 0.630. The molecule has 0 N–H and O–H groups in total. The Hall–Kier alpha value is -1.19. The first-order chi connectivity index (χ1) is 7.90. The molecule has 0 fully saturated rings. The molecule has 1 aromatic carbocycles. The molecule has 0 saturated heterocycles. The van der Waals surface area contributed by atoms with Crippen LogP contribution < -0.4 is 0 Å². The van der Waals surface area contributed by atoms with Crippen molar-refractivity contribution in [1.29, 1.82) is 0 Å². The van der Waals surface area contributed by atoms with E-state index in [1.165, 1.54) is 5.56 Å². The van der Waals surface area contributed by atoms with E-state index in [0.29, 0.717) is 6.61 Å². The van der Waals surface area contributed by atoms with Crippen LogP contribution in [0, 0.1) is 0 Å². The fraction of sp³-hybridized carbons (Fsp3) is 0.308. The minimum absolute atomic E-state index is 0.630. The summed E-state index contributed by atoms with van der Waals surface area (Å²) in [6, 6.07) is 10.2. The van der Waals surface area contributed by atoms with Gasteiger partial charge in [-0.2, -0.15) is 0 Å². The van der Waals surface area contributed by atoms with Crippen molar-refractivity contribution in [2.24, 2.45) is 0 Å². The SMILES string of the molecule is CCCOCc1nc(-c2ccccc2)cs1. The highest BCUT2D eigenvalue weighted by molar-refractivity contribution is 7.09. The third-order valence-electron chi connectivity index (χ3n) is 2.20. The molecule has 0 aliphatic heterocycles. The van der Waals surface area contributed by atoms with Crippen LogP contribution in [0.15, 0.2) is 35.7 Å². The van der Waals surface area contributed by atoms with Gasteiger partial charge in [-0.05, 0) is 6.42 Å². The predicted molar refractivity (Wildman–Crippen MR) is 67.5 cm³/mol. The van der Waals surface area contributed by atoms with E-state index in [0.717, 1.165) is 23.7 Å². The van der Waals surface area contributed by atoms with E-state index >= 15 is 0 Å². The third kappa shape index (κ3) is 2.90. The van der Waals surface area contributed by atoms with Gasteiger partial charge in [-0.1, -0.05) is 37.3 Å². The lowest BCUT2D eigenvalue weighted by atomic mass is 10.2. The molecule has 0 aliphatic rings. The van der Waals surface area contributed by atoms with Crippen LogP contribution in [0.4, 0.5) is 0 Å². The Labute approximate surface area is 99.9 Å². The molecule has 16 heavy (non-hydrogen) atoms. The van der Waals surface area contributed by atoms with Crippen LogP contribution in [0.5, 0.6) is 0 Å². The van der Waals surface area contributed by atoms with Gasteiger partial charge in [-0.15, -0.1) is 11.3 Å². The van der Waals surface area contributed by atoms with Gasteiger partial charge in [0.25, 0.3) is 0 Å². The maximum atomic E-state index is 5.47. The van der Waals surface area contributed by atoms with Crippen molar-refractivity contribution in [3.63, 3.8) is 0 Å². The molecule has 0 atom stereocenters. The van der Waals surface area contributed by atoms with Gasteiger partial charge in [0, 0.05) is 17.6 Å². The van der Waals surface area contributed by atoms with Crippen LogP contribution in [-0.2, 0) is 11.3 Å². The zero-order valence-corrected chi connectivity index (χ0v) is 10.2. The molecular formula is C13H15NOS. The molecule has 0 saturated carbocycles. The van der Waals surface area contributed by atoms with Crippen molar-refractivity contribution in [3.05, 3.63) is 40.7 Å². The second-order valence-electron chi connectivity index (χ2n) is 3.55. The van der Waals surface area contributed by atoms with E-state index in [9.17, 15) is 0 Å². The van der Waals surface area contributed by atoms with E-state index in [1.807, 2.05) is 18.2 Å². The Morgan fingerprint density at radius 1 is 1.25 bits per heavy atom. The van der Waals surface area contributed by atoms with Crippen LogP contribution in [-0.4, -0.2) is 11.6 Å². The van der Waals surface area contributed by atoms with Crippen molar-refractivity contribution in [1.82, 2.24) is 4.98 Å². The first-order valence-corrected chi connectivity index (χ1v) is 6.35. The van der Waals surface area contributed by atoms with E-state index in [-0.39, 0.29) is 0 Å². The van der Waals surface area contributed by atoms with Gasteiger partial charge in [-0.25, -0.2) is 4.98 Å². The monoisotopic (exact) mass is 233 g/mol. The zero-order chi connectivity index (χ0) is 11.2. The highest BCUT2D eigenvalue weighted by Gasteiger charge is 2.03. The van der Waals surface area contributed by atoms with Crippen LogP contribution in [0.2, 0.25) is 0 Å². The third-order valence-corrected chi connectivity index (χ3v) is 3.02. The Balaban J connectivity index is 2.02. The summed E-state index contributed by atoms with van der Waals surface area (Å²) in [4.78, 5) is 4.55. The van der Waals surface area contributed by atoms with E-state index in [1.54, 1.807) is 11.3 Å². The molecule has 2 aromatic rings. The molecule has 0 radical (unpaired) electrons. The van der Waals surface area contributed by atoms with Crippen LogP contribution >= 0.6 is 11.3 Å². The second-order valence-corrected chi connectivity index (χ2v) is 4.49. The number of thiazole rings is 1. The lowest BCUT2D eigenvalue weighted by Gasteiger charge is -1.98. The molecule has 1 heterocycles. The molecule has 0 unspecified atom stereocenters. The standard InChI is InChI=1S/C13H15NOS/c1-2-8-15-9-13-14-12(10-16-13)11-6-4-3-5-7-11/h3-7,10H,2,8-9H2,1H3. The van der Waals surface area contributed by atoms with Gasteiger partial charge in [0.1, 0.15) is 5.01 Å². The Morgan fingerprint density at radius 2 is 2.06 bits per heavy atom. The summed E-state index contributed by atoms with van der Waals surface area (Å²) in [5.74, 6) is 0. The molecule has 0 spiro atoms. The maximum Gasteiger partial charge on any atom is 0.119 e. The van der Waals surface area contributed by atoms with E-state index in [4.69, 9.17) is 4.74 Å². The summed E-state index contributed by atoms with van der Waals surface area (Å²) in [6.45, 7) is 3.54. The van der Waals surface area contributed by atoms with Gasteiger partial charge < -0.3 is 4.74 Å². The van der Waals surface area contributed by atoms with Gasteiger partial charge in [0.2, 0.25) is 0 Å². The van der Waals surface area contributed by atoms with Crippen LogP contribution in [0.25, 0.3) is 11.3 Å². The van der Waals surface area contributed by atoms with Gasteiger partial charge >= 0.3 is 0 Å². The summed E-state index contributed by atoms with van der Waals surface area (Å²) in [7, 11) is 0. The number of rotatable bonds is 5.